The first kappa shape index (κ1) is 12.2. The summed E-state index contributed by atoms with van der Waals surface area (Å²) < 4.78 is 0. The summed E-state index contributed by atoms with van der Waals surface area (Å²) in [5.41, 5.74) is 0. The van der Waals surface area contributed by atoms with E-state index in [1.165, 1.54) is 25.7 Å². The minimum Gasteiger partial charge on any atom is -0.300 e. The van der Waals surface area contributed by atoms with Crippen LogP contribution >= 0.6 is 15.9 Å². The van der Waals surface area contributed by atoms with Gasteiger partial charge in [0.1, 0.15) is 5.78 Å². The van der Waals surface area contributed by atoms with Crippen molar-refractivity contribution in [1.82, 2.24) is 0 Å². The average molecular weight is 235 g/mol. The predicted octanol–water partition coefficient (Wildman–Crippen LogP) is 3.56. The predicted molar refractivity (Wildman–Crippen MR) is 56.7 cm³/mol. The first-order chi connectivity index (χ1) is 5.68. The highest BCUT2D eigenvalue weighted by Crippen LogP contribution is 2.11. The van der Waals surface area contributed by atoms with Crippen molar-refractivity contribution in [1.29, 1.82) is 0 Å². The minimum absolute atomic E-state index is 0.272. The number of unbranched alkanes of at least 4 members (excludes halogenated alkanes) is 3. The van der Waals surface area contributed by atoms with E-state index in [0.717, 1.165) is 11.8 Å². The van der Waals surface area contributed by atoms with Crippen molar-refractivity contribution in [2.24, 2.45) is 5.92 Å². The summed E-state index contributed by atoms with van der Waals surface area (Å²) in [6.45, 7) is 3.70. The molecule has 2 heteroatoms. The summed E-state index contributed by atoms with van der Waals surface area (Å²) in [5, 5.41) is 1.11. The van der Waals surface area contributed by atoms with E-state index in [9.17, 15) is 4.79 Å². The zero-order chi connectivity index (χ0) is 9.40. The Hall–Kier alpha value is 0.150. The summed E-state index contributed by atoms with van der Waals surface area (Å²) >= 11 is 3.40. The lowest BCUT2D eigenvalue weighted by atomic mass is 9.99. The van der Waals surface area contributed by atoms with Crippen molar-refractivity contribution >= 4 is 21.7 Å². The molecule has 1 nitrogen and oxygen atoms in total. The van der Waals surface area contributed by atoms with Crippen LogP contribution in [0.1, 0.15) is 46.0 Å². The van der Waals surface area contributed by atoms with Gasteiger partial charge in [0.25, 0.3) is 0 Å². The first-order valence-electron chi connectivity index (χ1n) is 4.75. The molecule has 0 spiro atoms. The Labute approximate surface area is 84.1 Å². The number of alkyl halides is 1. The molecule has 0 aromatic rings. The summed E-state index contributed by atoms with van der Waals surface area (Å²) in [6.07, 6.45) is 6.08. The topological polar surface area (TPSA) is 17.1 Å². The zero-order valence-corrected chi connectivity index (χ0v) is 9.69. The monoisotopic (exact) mass is 234 g/mol. The molecule has 0 saturated heterocycles. The number of carbonyl (C=O) groups excluding carboxylic acids is 1. The van der Waals surface area contributed by atoms with Crippen molar-refractivity contribution in [3.8, 4) is 0 Å². The standard InChI is InChI=1S/C10H19BrO/c1-9(10(2)12)7-5-3-4-6-8-11/h9H,3-8H2,1-2H3. The summed E-state index contributed by atoms with van der Waals surface area (Å²) in [6, 6.07) is 0. The molecule has 0 aliphatic heterocycles. The Kier molecular flexibility index (Phi) is 7.88. The van der Waals surface area contributed by atoms with Crippen LogP contribution in [0.5, 0.6) is 0 Å². The highest BCUT2D eigenvalue weighted by atomic mass is 79.9. The fourth-order valence-corrected chi connectivity index (χ4v) is 1.50. The third-order valence-electron chi connectivity index (χ3n) is 2.21. The quantitative estimate of drug-likeness (QED) is 0.487. The second kappa shape index (κ2) is 7.78. The fourth-order valence-electron chi connectivity index (χ4n) is 1.10. The molecule has 0 rings (SSSR count). The lowest BCUT2D eigenvalue weighted by Crippen LogP contribution is -2.05. The second-order valence-corrected chi connectivity index (χ2v) is 4.20. The van der Waals surface area contributed by atoms with Crippen LogP contribution in [0, 0.1) is 5.92 Å². The molecule has 0 aromatic heterocycles. The highest BCUT2D eigenvalue weighted by Gasteiger charge is 2.05. The number of rotatable bonds is 7. The first-order valence-corrected chi connectivity index (χ1v) is 5.87. The highest BCUT2D eigenvalue weighted by molar-refractivity contribution is 9.09. The van der Waals surface area contributed by atoms with Crippen LogP contribution in [0.4, 0.5) is 0 Å². The van der Waals surface area contributed by atoms with Crippen molar-refractivity contribution in [3.05, 3.63) is 0 Å². The van der Waals surface area contributed by atoms with Crippen molar-refractivity contribution in [2.75, 3.05) is 5.33 Å². The van der Waals surface area contributed by atoms with E-state index in [4.69, 9.17) is 0 Å². The molecule has 0 fully saturated rings. The maximum Gasteiger partial charge on any atom is 0.132 e. The van der Waals surface area contributed by atoms with E-state index in [-0.39, 0.29) is 5.92 Å². The summed E-state index contributed by atoms with van der Waals surface area (Å²) in [5.74, 6) is 0.601. The number of carbonyl (C=O) groups is 1. The molecular weight excluding hydrogens is 216 g/mol. The molecule has 12 heavy (non-hydrogen) atoms. The van der Waals surface area contributed by atoms with E-state index in [0.29, 0.717) is 5.78 Å². The smallest absolute Gasteiger partial charge is 0.132 e. The van der Waals surface area contributed by atoms with Crippen molar-refractivity contribution in [2.45, 2.75) is 46.0 Å². The Morgan fingerprint density at radius 1 is 1.25 bits per heavy atom. The van der Waals surface area contributed by atoms with Gasteiger partial charge in [-0.25, -0.2) is 0 Å². The molecule has 1 atom stereocenters. The van der Waals surface area contributed by atoms with E-state index in [1.54, 1.807) is 6.92 Å². The molecule has 0 saturated carbocycles. The van der Waals surface area contributed by atoms with Gasteiger partial charge in [0, 0.05) is 11.2 Å². The Balaban J connectivity index is 3.14. The maximum atomic E-state index is 10.9. The number of ketones is 1. The van der Waals surface area contributed by atoms with Crippen LogP contribution in [0.2, 0.25) is 0 Å². The van der Waals surface area contributed by atoms with Crippen LogP contribution in [0.25, 0.3) is 0 Å². The van der Waals surface area contributed by atoms with Gasteiger partial charge in [-0.3, -0.25) is 4.79 Å². The molecule has 0 aliphatic rings. The fraction of sp³-hybridized carbons (Fsp3) is 0.900. The summed E-state index contributed by atoms with van der Waals surface area (Å²) in [7, 11) is 0. The molecule has 0 amide bonds. The van der Waals surface area contributed by atoms with Gasteiger partial charge in [-0.05, 0) is 19.8 Å². The van der Waals surface area contributed by atoms with Gasteiger partial charge in [-0.15, -0.1) is 0 Å². The molecular formula is C10H19BrO. The molecule has 0 bridgehead atoms. The number of halogens is 1. The van der Waals surface area contributed by atoms with Crippen LogP contribution in [0.3, 0.4) is 0 Å². The van der Waals surface area contributed by atoms with E-state index in [2.05, 4.69) is 15.9 Å². The zero-order valence-electron chi connectivity index (χ0n) is 8.11. The molecule has 0 aliphatic carbocycles. The van der Waals surface area contributed by atoms with Gasteiger partial charge in [0.2, 0.25) is 0 Å². The van der Waals surface area contributed by atoms with Crippen LogP contribution in [-0.2, 0) is 4.79 Å². The number of Topliss-reactive ketones (excluding diaryl/α,β-unsaturated/α-hetero) is 1. The lowest BCUT2D eigenvalue weighted by molar-refractivity contribution is -0.120. The van der Waals surface area contributed by atoms with Gasteiger partial charge >= 0.3 is 0 Å². The van der Waals surface area contributed by atoms with E-state index in [1.807, 2.05) is 6.92 Å². The van der Waals surface area contributed by atoms with Crippen molar-refractivity contribution in [3.63, 3.8) is 0 Å². The lowest BCUT2D eigenvalue weighted by Gasteiger charge is -2.05. The van der Waals surface area contributed by atoms with Gasteiger partial charge < -0.3 is 0 Å². The Bertz CT molecular complexity index is 123. The summed E-state index contributed by atoms with van der Waals surface area (Å²) in [4.78, 5) is 10.9. The Morgan fingerprint density at radius 2 is 1.83 bits per heavy atom. The molecule has 1 unspecified atom stereocenters. The van der Waals surface area contributed by atoms with E-state index >= 15 is 0 Å². The van der Waals surface area contributed by atoms with Crippen LogP contribution in [0.15, 0.2) is 0 Å². The third-order valence-corrected chi connectivity index (χ3v) is 2.78. The molecule has 0 aromatic carbocycles. The van der Waals surface area contributed by atoms with Gasteiger partial charge in [-0.1, -0.05) is 42.1 Å². The average Bonchev–Trinajstić information content (AvgIpc) is 2.03. The van der Waals surface area contributed by atoms with E-state index < -0.39 is 0 Å². The van der Waals surface area contributed by atoms with Gasteiger partial charge in [0.15, 0.2) is 0 Å². The second-order valence-electron chi connectivity index (χ2n) is 3.40. The number of hydrogen-bond acceptors (Lipinski definition) is 1. The molecule has 0 radical (unpaired) electrons. The van der Waals surface area contributed by atoms with Crippen LogP contribution in [-0.4, -0.2) is 11.1 Å². The largest absolute Gasteiger partial charge is 0.300 e. The normalized spacial score (nSPS) is 12.9. The Morgan fingerprint density at radius 3 is 2.33 bits per heavy atom. The SMILES string of the molecule is CC(=O)C(C)CCCCCCBr. The molecule has 0 heterocycles. The van der Waals surface area contributed by atoms with Crippen LogP contribution < -0.4 is 0 Å². The molecule has 0 N–H and O–H groups in total. The number of hydrogen-bond donors (Lipinski definition) is 0. The van der Waals surface area contributed by atoms with Gasteiger partial charge in [-0.2, -0.15) is 0 Å². The maximum absolute atomic E-state index is 10.9. The van der Waals surface area contributed by atoms with Gasteiger partial charge in [0.05, 0.1) is 0 Å². The third kappa shape index (κ3) is 6.84. The molecule has 72 valence electrons. The van der Waals surface area contributed by atoms with Crippen molar-refractivity contribution < 1.29 is 4.79 Å². The minimum atomic E-state index is 0.272.